The first-order chi connectivity index (χ1) is 11.8. The first-order valence-corrected chi connectivity index (χ1v) is 9.75. The van der Waals surface area contributed by atoms with Crippen molar-refractivity contribution < 1.29 is 9.53 Å². The van der Waals surface area contributed by atoms with Crippen LogP contribution >= 0.6 is 23.4 Å². The molecule has 2 heterocycles. The number of thioether (sulfide) groups is 1. The van der Waals surface area contributed by atoms with Crippen LogP contribution in [-0.2, 0) is 4.74 Å². The number of benzene rings is 1. The summed E-state index contributed by atoms with van der Waals surface area (Å²) in [7, 11) is 0. The Hall–Kier alpha value is -1.46. The number of hydrogen-bond acceptors (Lipinski definition) is 4. The summed E-state index contributed by atoms with van der Waals surface area (Å²) >= 11 is 8.24. The predicted octanol–water partition coefficient (Wildman–Crippen LogP) is 5.38. The van der Waals surface area contributed by atoms with Gasteiger partial charge in [0.2, 0.25) is 0 Å². The highest BCUT2D eigenvalue weighted by atomic mass is 35.5. The molecule has 6 heteroatoms. The van der Waals surface area contributed by atoms with Crippen LogP contribution in [0, 0.1) is 0 Å². The van der Waals surface area contributed by atoms with Crippen LogP contribution < -0.4 is 0 Å². The molecule has 25 heavy (non-hydrogen) atoms. The maximum absolute atomic E-state index is 12.1. The van der Waals surface area contributed by atoms with Crippen LogP contribution in [0.15, 0.2) is 35.5 Å². The predicted molar refractivity (Wildman–Crippen MR) is 103 cm³/mol. The van der Waals surface area contributed by atoms with Gasteiger partial charge in [0.05, 0.1) is 5.02 Å². The second-order valence-electron chi connectivity index (χ2n) is 7.29. The largest absolute Gasteiger partial charge is 0.444 e. The highest BCUT2D eigenvalue weighted by Gasteiger charge is 2.27. The zero-order valence-corrected chi connectivity index (χ0v) is 16.4. The number of carbonyl (C=O) groups is 1. The standard InChI is InChI=1S/C19H23ClN2O2S/c1-19(2,3)24-18(23)22-8-5-15(6-9-22)25-17-11-13-4-7-21-12-14(13)10-16(17)20/h4,7,10-12,15H,5-6,8-9H2,1-3H3. The summed E-state index contributed by atoms with van der Waals surface area (Å²) in [6.07, 6.45) is 5.29. The molecule has 3 rings (SSSR count). The molecule has 1 aliphatic rings. The molecule has 1 saturated heterocycles. The number of likely N-dealkylation sites (tertiary alicyclic amines) is 1. The molecule has 0 spiro atoms. The fourth-order valence-electron chi connectivity index (χ4n) is 2.84. The summed E-state index contributed by atoms with van der Waals surface area (Å²) in [5.41, 5.74) is -0.448. The van der Waals surface area contributed by atoms with E-state index in [-0.39, 0.29) is 6.09 Å². The topological polar surface area (TPSA) is 42.4 Å². The second kappa shape index (κ2) is 7.42. The lowest BCUT2D eigenvalue weighted by Crippen LogP contribution is -2.42. The summed E-state index contributed by atoms with van der Waals surface area (Å²) in [6.45, 7) is 7.13. The van der Waals surface area contributed by atoms with E-state index in [0.29, 0.717) is 5.25 Å². The van der Waals surface area contributed by atoms with Gasteiger partial charge < -0.3 is 9.64 Å². The summed E-state index contributed by atoms with van der Waals surface area (Å²) in [5.74, 6) is 0. The van der Waals surface area contributed by atoms with Gasteiger partial charge >= 0.3 is 6.09 Å². The van der Waals surface area contributed by atoms with E-state index in [1.807, 2.05) is 39.1 Å². The number of aromatic nitrogens is 1. The average molecular weight is 379 g/mol. The van der Waals surface area contributed by atoms with Crippen molar-refractivity contribution in [3.63, 3.8) is 0 Å². The molecule has 0 saturated carbocycles. The van der Waals surface area contributed by atoms with Crippen molar-refractivity contribution in [1.82, 2.24) is 9.88 Å². The number of carbonyl (C=O) groups excluding carboxylic acids is 1. The number of hydrogen-bond donors (Lipinski definition) is 0. The Morgan fingerprint density at radius 2 is 2.00 bits per heavy atom. The maximum Gasteiger partial charge on any atom is 0.410 e. The Bertz CT molecular complexity index is 768. The van der Waals surface area contributed by atoms with Crippen molar-refractivity contribution in [1.29, 1.82) is 0 Å². The first kappa shape index (κ1) is 18.3. The van der Waals surface area contributed by atoms with Crippen LogP contribution in [0.4, 0.5) is 4.79 Å². The lowest BCUT2D eigenvalue weighted by Gasteiger charge is -2.33. The molecule has 0 radical (unpaired) electrons. The third-order valence-corrected chi connectivity index (χ3v) is 5.90. The molecule has 2 aromatic rings. The number of rotatable bonds is 2. The van der Waals surface area contributed by atoms with Crippen molar-refractivity contribution in [2.75, 3.05) is 13.1 Å². The number of pyridine rings is 1. The average Bonchev–Trinajstić information content (AvgIpc) is 2.54. The van der Waals surface area contributed by atoms with Gasteiger partial charge in [-0.15, -0.1) is 11.8 Å². The molecule has 1 aliphatic heterocycles. The van der Waals surface area contributed by atoms with Crippen LogP contribution in [0.2, 0.25) is 5.02 Å². The molecule has 0 atom stereocenters. The van der Waals surface area contributed by atoms with Crippen LogP contribution in [0.25, 0.3) is 10.8 Å². The summed E-state index contributed by atoms with van der Waals surface area (Å²) in [5, 5.41) is 3.42. The zero-order valence-electron chi connectivity index (χ0n) is 14.8. The van der Waals surface area contributed by atoms with Crippen LogP contribution in [0.3, 0.4) is 0 Å². The number of amides is 1. The molecule has 1 fully saturated rings. The van der Waals surface area contributed by atoms with Gasteiger partial charge in [-0.25, -0.2) is 4.79 Å². The maximum atomic E-state index is 12.1. The van der Waals surface area contributed by atoms with Crippen molar-refractivity contribution in [2.45, 2.75) is 49.4 Å². The fraction of sp³-hybridized carbons (Fsp3) is 0.474. The number of nitrogens with zero attached hydrogens (tertiary/aromatic N) is 2. The third-order valence-electron chi connectivity index (χ3n) is 4.08. The van der Waals surface area contributed by atoms with Crippen molar-refractivity contribution >= 4 is 40.2 Å². The molecule has 0 aliphatic carbocycles. The highest BCUT2D eigenvalue weighted by Crippen LogP contribution is 2.37. The molecule has 1 aromatic heterocycles. The highest BCUT2D eigenvalue weighted by molar-refractivity contribution is 8.00. The van der Waals surface area contributed by atoms with E-state index in [2.05, 4.69) is 11.1 Å². The lowest BCUT2D eigenvalue weighted by molar-refractivity contribution is 0.0219. The van der Waals surface area contributed by atoms with Crippen LogP contribution in [0.1, 0.15) is 33.6 Å². The minimum atomic E-state index is -0.448. The van der Waals surface area contributed by atoms with E-state index < -0.39 is 5.60 Å². The Balaban J connectivity index is 1.61. The monoisotopic (exact) mass is 378 g/mol. The van der Waals surface area contributed by atoms with E-state index in [9.17, 15) is 4.79 Å². The molecule has 1 amide bonds. The van der Waals surface area contributed by atoms with Crippen molar-refractivity contribution in [2.24, 2.45) is 0 Å². The minimum absolute atomic E-state index is 0.216. The van der Waals surface area contributed by atoms with Crippen molar-refractivity contribution in [3.8, 4) is 0 Å². The Labute approximate surface area is 157 Å². The summed E-state index contributed by atoms with van der Waals surface area (Å²) in [4.78, 5) is 19.2. The minimum Gasteiger partial charge on any atom is -0.444 e. The van der Waals surface area contributed by atoms with Gasteiger partial charge in [-0.2, -0.15) is 0 Å². The van der Waals surface area contributed by atoms with E-state index >= 15 is 0 Å². The van der Waals surface area contributed by atoms with Gasteiger partial charge in [0.1, 0.15) is 5.60 Å². The second-order valence-corrected chi connectivity index (χ2v) is 9.04. The van der Waals surface area contributed by atoms with Crippen LogP contribution in [-0.4, -0.2) is 39.9 Å². The normalized spacial score (nSPS) is 16.2. The molecule has 134 valence electrons. The van der Waals surface area contributed by atoms with Gasteiger partial charge in [-0.3, -0.25) is 4.98 Å². The number of halogens is 1. The van der Waals surface area contributed by atoms with E-state index in [0.717, 1.165) is 46.6 Å². The number of fused-ring (bicyclic) bond motifs is 1. The van der Waals surface area contributed by atoms with E-state index in [1.165, 1.54) is 0 Å². The van der Waals surface area contributed by atoms with E-state index in [1.54, 1.807) is 22.9 Å². The smallest absolute Gasteiger partial charge is 0.410 e. The number of piperidine rings is 1. The molecular formula is C19H23ClN2O2S. The molecule has 4 nitrogen and oxygen atoms in total. The Kier molecular flexibility index (Phi) is 5.44. The third kappa shape index (κ3) is 4.79. The summed E-state index contributed by atoms with van der Waals surface area (Å²) < 4.78 is 5.45. The molecule has 1 aromatic carbocycles. The van der Waals surface area contributed by atoms with Gasteiger partial charge in [0.15, 0.2) is 0 Å². The van der Waals surface area contributed by atoms with E-state index in [4.69, 9.17) is 16.3 Å². The van der Waals surface area contributed by atoms with Gasteiger partial charge in [0.25, 0.3) is 0 Å². The van der Waals surface area contributed by atoms with Gasteiger partial charge in [-0.05, 0) is 57.2 Å². The first-order valence-electron chi connectivity index (χ1n) is 8.50. The van der Waals surface area contributed by atoms with Crippen LogP contribution in [0.5, 0.6) is 0 Å². The molecular weight excluding hydrogens is 356 g/mol. The quantitative estimate of drug-likeness (QED) is 0.703. The fourth-order valence-corrected chi connectivity index (χ4v) is 4.32. The lowest BCUT2D eigenvalue weighted by atomic mass is 10.1. The van der Waals surface area contributed by atoms with Gasteiger partial charge in [-0.1, -0.05) is 11.6 Å². The SMILES string of the molecule is CC(C)(C)OC(=O)N1CCC(Sc2cc3ccncc3cc2Cl)CC1. The Morgan fingerprint density at radius 3 is 2.68 bits per heavy atom. The number of ether oxygens (including phenoxy) is 1. The summed E-state index contributed by atoms with van der Waals surface area (Å²) in [6, 6.07) is 6.10. The molecule has 0 unspecified atom stereocenters. The van der Waals surface area contributed by atoms with Crippen molar-refractivity contribution in [3.05, 3.63) is 35.6 Å². The van der Waals surface area contributed by atoms with Gasteiger partial charge in [0, 0.05) is 41.0 Å². The molecule has 0 bridgehead atoms. The molecule has 0 N–H and O–H groups in total. The Morgan fingerprint density at radius 1 is 1.28 bits per heavy atom. The zero-order chi connectivity index (χ0) is 18.0.